The third kappa shape index (κ3) is 17.6. The molecule has 16 nitrogen and oxygen atoms in total. The zero-order chi connectivity index (χ0) is 47.8. The number of nitrogens with zero attached hydrogens (tertiary/aromatic N) is 4. The smallest absolute Gasteiger partial charge is 0.410 e. The van der Waals surface area contributed by atoms with E-state index in [4.69, 9.17) is 23.7 Å². The summed E-state index contributed by atoms with van der Waals surface area (Å²) in [6, 6.07) is 17.3. The molecule has 4 amide bonds. The second-order valence-corrected chi connectivity index (χ2v) is 18.7. The number of esters is 1. The molecule has 2 aromatic carbocycles. The highest BCUT2D eigenvalue weighted by molar-refractivity contribution is 5.74. The van der Waals surface area contributed by atoms with Crippen molar-refractivity contribution in [3.63, 3.8) is 0 Å². The van der Waals surface area contributed by atoms with Gasteiger partial charge in [-0.1, -0.05) is 60.7 Å². The summed E-state index contributed by atoms with van der Waals surface area (Å²) < 4.78 is 27.3. The molecule has 0 saturated carbocycles. The normalized spacial score (nSPS) is 18.8. The van der Waals surface area contributed by atoms with E-state index in [9.17, 15) is 33.9 Å². The van der Waals surface area contributed by atoms with Crippen LogP contribution in [0.25, 0.3) is 0 Å². The first-order valence-corrected chi connectivity index (χ1v) is 22.3. The topological polar surface area (TPSA) is 182 Å². The zero-order valence-corrected chi connectivity index (χ0v) is 39.7. The fourth-order valence-corrected chi connectivity index (χ4v) is 7.75. The number of piperidine rings is 2. The Hall–Kier alpha value is -5.54. The van der Waals surface area contributed by atoms with Gasteiger partial charge in [0.1, 0.15) is 24.4 Å². The maximum absolute atomic E-state index is 13.0. The van der Waals surface area contributed by atoms with Gasteiger partial charge in [-0.15, -0.1) is 0 Å². The second kappa shape index (κ2) is 24.5. The molecule has 4 atom stereocenters. The monoisotopic (exact) mass is 897 g/mol. The number of benzene rings is 2. The number of rotatable bonds is 13. The lowest BCUT2D eigenvalue weighted by Gasteiger charge is -2.44. The van der Waals surface area contributed by atoms with Gasteiger partial charge in [0, 0.05) is 37.3 Å². The van der Waals surface area contributed by atoms with Crippen molar-refractivity contribution < 1.29 is 57.6 Å². The molecule has 4 rings (SSSR count). The minimum atomic E-state index is -0.972. The third-order valence-corrected chi connectivity index (χ3v) is 10.5. The minimum absolute atomic E-state index is 0.0972. The molecule has 0 bridgehead atoms. The lowest BCUT2D eigenvalue weighted by atomic mass is 9.94. The highest BCUT2D eigenvalue weighted by Gasteiger charge is 2.41. The minimum Gasteiger partial charge on any atom is -0.481 e. The standard InChI is InChI=1S/C25H38N2O6.C23H34N2O6/c1-7-31-22(28)15-20-13-14-21(16-26(20)23(29)33-25(4,5)6)27(18(2)3)24(30)32-17-19-11-9-8-10-12-19;1-16(2)25(22(29)30-15-17-9-7-6-8-10-17)19-12-11-18(13-20(26)27)24(14-19)21(28)31-23(3,4)5/h8-12,18,20-21H,7,13-17H2,1-6H3;6-10,16,18-19H,11-15H2,1-5H3,(H,26,27)/t20-,21-;18-,19-/m11/s1. The van der Waals surface area contributed by atoms with Gasteiger partial charge in [0.2, 0.25) is 0 Å². The highest BCUT2D eigenvalue weighted by Crippen LogP contribution is 2.29. The summed E-state index contributed by atoms with van der Waals surface area (Å²) in [5.74, 6) is -1.32. The molecular weight excluding hydrogens is 825 g/mol. The first kappa shape index (κ1) is 52.8. The Morgan fingerprint density at radius 1 is 0.609 bits per heavy atom. The van der Waals surface area contributed by atoms with Crippen LogP contribution in [-0.2, 0) is 46.5 Å². The Morgan fingerprint density at radius 2 is 0.984 bits per heavy atom. The zero-order valence-electron chi connectivity index (χ0n) is 39.7. The summed E-state index contributed by atoms with van der Waals surface area (Å²) in [6.07, 6.45) is 0.233. The van der Waals surface area contributed by atoms with Gasteiger partial charge in [0.25, 0.3) is 0 Å². The molecule has 2 saturated heterocycles. The lowest BCUT2D eigenvalue weighted by Crippen LogP contribution is -2.58. The average molecular weight is 897 g/mol. The molecule has 356 valence electrons. The molecule has 2 heterocycles. The van der Waals surface area contributed by atoms with E-state index in [0.29, 0.717) is 25.7 Å². The number of hydrogen-bond donors (Lipinski definition) is 1. The van der Waals surface area contributed by atoms with Crippen molar-refractivity contribution in [2.24, 2.45) is 0 Å². The van der Waals surface area contributed by atoms with Crippen molar-refractivity contribution >= 4 is 36.3 Å². The van der Waals surface area contributed by atoms with Crippen LogP contribution >= 0.6 is 0 Å². The van der Waals surface area contributed by atoms with Crippen LogP contribution in [0.1, 0.15) is 126 Å². The number of hydrogen-bond acceptors (Lipinski definition) is 11. The van der Waals surface area contributed by atoms with Crippen LogP contribution in [-0.4, -0.2) is 128 Å². The van der Waals surface area contributed by atoms with Crippen molar-refractivity contribution in [2.45, 2.75) is 175 Å². The van der Waals surface area contributed by atoms with E-state index in [-0.39, 0.29) is 81.9 Å². The van der Waals surface area contributed by atoms with Gasteiger partial charge in [-0.3, -0.25) is 9.59 Å². The Bertz CT molecular complexity index is 1810. The van der Waals surface area contributed by atoms with E-state index in [1.807, 2.05) is 88.4 Å². The molecule has 0 spiro atoms. The van der Waals surface area contributed by atoms with E-state index >= 15 is 0 Å². The predicted octanol–water partition coefficient (Wildman–Crippen LogP) is 9.03. The highest BCUT2D eigenvalue weighted by atomic mass is 16.6. The van der Waals surface area contributed by atoms with Gasteiger partial charge in [0.05, 0.1) is 31.5 Å². The maximum atomic E-state index is 13.0. The Morgan fingerprint density at radius 3 is 1.31 bits per heavy atom. The average Bonchev–Trinajstić information content (AvgIpc) is 3.19. The summed E-state index contributed by atoms with van der Waals surface area (Å²) in [5, 5.41) is 9.26. The molecule has 0 aromatic heterocycles. The SMILES string of the molecule is CC(C)N(C(=O)OCc1ccccc1)[C@@H]1CC[C@H](CC(=O)O)N(C(=O)OC(C)(C)C)C1.CCOC(=O)C[C@H]1CC[C@@H](N(C(=O)OCc2ccccc2)C(C)C)CN1C(=O)OC(C)(C)C. The fourth-order valence-electron chi connectivity index (χ4n) is 7.75. The number of carbonyl (C=O) groups is 6. The van der Waals surface area contributed by atoms with E-state index in [2.05, 4.69) is 0 Å². The van der Waals surface area contributed by atoms with E-state index in [1.54, 1.807) is 63.2 Å². The second-order valence-electron chi connectivity index (χ2n) is 18.7. The molecule has 2 aliphatic rings. The Balaban J connectivity index is 0.000000341. The molecule has 0 unspecified atom stereocenters. The van der Waals surface area contributed by atoms with Crippen molar-refractivity contribution in [1.82, 2.24) is 19.6 Å². The van der Waals surface area contributed by atoms with Crippen molar-refractivity contribution in [2.75, 3.05) is 19.7 Å². The van der Waals surface area contributed by atoms with E-state index in [0.717, 1.165) is 11.1 Å². The predicted molar refractivity (Wildman–Crippen MR) is 240 cm³/mol. The van der Waals surface area contributed by atoms with Crippen LogP contribution in [0.3, 0.4) is 0 Å². The molecule has 2 aromatic rings. The number of amides is 4. The largest absolute Gasteiger partial charge is 0.481 e. The summed E-state index contributed by atoms with van der Waals surface area (Å²) in [4.78, 5) is 81.5. The van der Waals surface area contributed by atoms with E-state index in [1.165, 1.54) is 4.90 Å². The summed E-state index contributed by atoms with van der Waals surface area (Å²) >= 11 is 0. The molecule has 0 radical (unpaired) electrons. The number of aliphatic carboxylic acids is 1. The van der Waals surface area contributed by atoms with Crippen molar-refractivity contribution in [3.05, 3.63) is 71.8 Å². The molecule has 16 heteroatoms. The van der Waals surface area contributed by atoms with Crippen LogP contribution in [0.5, 0.6) is 0 Å². The molecular formula is C48H72N4O12. The van der Waals surface area contributed by atoms with Crippen molar-refractivity contribution in [1.29, 1.82) is 0 Å². The van der Waals surface area contributed by atoms with Crippen LogP contribution in [0, 0.1) is 0 Å². The number of likely N-dealkylation sites (tertiary alicyclic amines) is 2. The number of carboxylic acids is 1. The van der Waals surface area contributed by atoms with Crippen molar-refractivity contribution in [3.8, 4) is 0 Å². The fraction of sp³-hybridized carbons (Fsp3) is 0.625. The van der Waals surface area contributed by atoms with Crippen LogP contribution < -0.4 is 0 Å². The van der Waals surface area contributed by atoms with Gasteiger partial charge < -0.3 is 48.4 Å². The number of carbonyl (C=O) groups excluding carboxylic acids is 5. The van der Waals surface area contributed by atoms with Gasteiger partial charge in [0.15, 0.2) is 0 Å². The number of ether oxygens (including phenoxy) is 5. The molecule has 0 aliphatic carbocycles. The van der Waals surface area contributed by atoms with Gasteiger partial charge in [-0.05, 0) is 113 Å². The van der Waals surface area contributed by atoms with Crippen LogP contribution in [0.15, 0.2) is 60.7 Å². The Kier molecular flexibility index (Phi) is 20.2. The van der Waals surface area contributed by atoms with Crippen LogP contribution in [0.2, 0.25) is 0 Å². The lowest BCUT2D eigenvalue weighted by molar-refractivity contribution is -0.145. The Labute approximate surface area is 379 Å². The molecule has 64 heavy (non-hydrogen) atoms. The summed E-state index contributed by atoms with van der Waals surface area (Å²) in [7, 11) is 0. The van der Waals surface area contributed by atoms with Gasteiger partial charge in [-0.25, -0.2) is 19.2 Å². The van der Waals surface area contributed by atoms with E-state index < -0.39 is 47.6 Å². The van der Waals surface area contributed by atoms with Gasteiger partial charge in [-0.2, -0.15) is 0 Å². The maximum Gasteiger partial charge on any atom is 0.410 e. The quantitative estimate of drug-likeness (QED) is 0.149. The first-order valence-electron chi connectivity index (χ1n) is 22.3. The number of carboxylic acid groups (broad SMARTS) is 1. The third-order valence-electron chi connectivity index (χ3n) is 10.5. The summed E-state index contributed by atoms with van der Waals surface area (Å²) in [5.41, 5.74) is 0.415. The van der Waals surface area contributed by atoms with Gasteiger partial charge >= 0.3 is 36.3 Å². The summed E-state index contributed by atoms with van der Waals surface area (Å²) in [6.45, 7) is 21.2. The first-order chi connectivity index (χ1) is 30.0. The molecule has 1 N–H and O–H groups in total. The molecule has 2 fully saturated rings. The molecule has 2 aliphatic heterocycles. The van der Waals surface area contributed by atoms with Crippen LogP contribution in [0.4, 0.5) is 19.2 Å².